The Bertz CT molecular complexity index is 398. The van der Waals surface area contributed by atoms with Crippen LogP contribution in [0.4, 0.5) is 0 Å². The van der Waals surface area contributed by atoms with E-state index in [0.29, 0.717) is 18.7 Å². The van der Waals surface area contributed by atoms with E-state index in [9.17, 15) is 4.79 Å². The summed E-state index contributed by atoms with van der Waals surface area (Å²) in [5.41, 5.74) is 1.54. The van der Waals surface area contributed by atoms with Gasteiger partial charge in [0.1, 0.15) is 5.75 Å². The molecule has 0 aromatic heterocycles. The van der Waals surface area contributed by atoms with Crippen LogP contribution in [0.5, 0.6) is 5.75 Å². The topological polar surface area (TPSA) is 59.4 Å². The van der Waals surface area contributed by atoms with Gasteiger partial charge in [-0.15, -0.1) is 0 Å². The summed E-state index contributed by atoms with van der Waals surface area (Å²) in [5, 5.41) is 7.70. The molecule has 0 unspecified atom stereocenters. The number of rotatable bonds is 7. The summed E-state index contributed by atoms with van der Waals surface area (Å²) < 4.78 is 9.87. The summed E-state index contributed by atoms with van der Waals surface area (Å²) in [7, 11) is 1.63. The van der Waals surface area contributed by atoms with E-state index in [2.05, 4.69) is 0 Å². The molecule has 0 radical (unpaired) electrons. The highest BCUT2D eigenvalue weighted by Gasteiger charge is 2.06. The van der Waals surface area contributed by atoms with Crippen molar-refractivity contribution in [3.63, 3.8) is 0 Å². The van der Waals surface area contributed by atoms with Gasteiger partial charge >= 0.3 is 5.97 Å². The summed E-state index contributed by atoms with van der Waals surface area (Å²) in [4.78, 5) is 11.2. The lowest BCUT2D eigenvalue weighted by Gasteiger charge is -2.05. The second kappa shape index (κ2) is 7.48. The van der Waals surface area contributed by atoms with Crippen LogP contribution in [-0.4, -0.2) is 25.4 Å². The normalized spacial score (nSPS) is 9.89. The first-order valence-electron chi connectivity index (χ1n) is 6.00. The van der Waals surface area contributed by atoms with E-state index in [0.717, 1.165) is 17.7 Å². The number of aryl methyl sites for hydroxylation is 1. The molecule has 1 aromatic carbocycles. The standard InChI is InChI=1S/C14H19NO3/c1-3-18-14(16)10-12(15)7-4-11-5-8-13(17-2)9-6-11/h5-6,8-9,15H,3-4,7,10H2,1-2H3. The van der Waals surface area contributed by atoms with Gasteiger partial charge in [-0.05, 0) is 37.5 Å². The van der Waals surface area contributed by atoms with Gasteiger partial charge in [0.15, 0.2) is 0 Å². The molecule has 4 heteroatoms. The highest BCUT2D eigenvalue weighted by molar-refractivity contribution is 5.97. The first-order chi connectivity index (χ1) is 8.65. The molecule has 0 fully saturated rings. The second-order valence-corrected chi connectivity index (χ2v) is 3.93. The van der Waals surface area contributed by atoms with Crippen molar-refractivity contribution in [1.82, 2.24) is 0 Å². The maximum absolute atomic E-state index is 11.2. The Kier molecular flexibility index (Phi) is 5.91. The van der Waals surface area contributed by atoms with E-state index < -0.39 is 0 Å². The monoisotopic (exact) mass is 249 g/mol. The van der Waals surface area contributed by atoms with E-state index in [4.69, 9.17) is 14.9 Å². The van der Waals surface area contributed by atoms with Crippen LogP contribution in [-0.2, 0) is 16.0 Å². The van der Waals surface area contributed by atoms with Crippen molar-refractivity contribution in [2.45, 2.75) is 26.2 Å². The number of esters is 1. The molecule has 0 heterocycles. The number of benzene rings is 1. The van der Waals surface area contributed by atoms with Crippen LogP contribution < -0.4 is 4.74 Å². The van der Waals surface area contributed by atoms with Crippen molar-refractivity contribution in [1.29, 1.82) is 5.41 Å². The Morgan fingerprint density at radius 3 is 2.50 bits per heavy atom. The van der Waals surface area contributed by atoms with Crippen molar-refractivity contribution in [2.24, 2.45) is 0 Å². The third-order valence-electron chi connectivity index (χ3n) is 2.54. The second-order valence-electron chi connectivity index (χ2n) is 3.93. The van der Waals surface area contributed by atoms with Gasteiger partial charge in [-0.2, -0.15) is 0 Å². The maximum atomic E-state index is 11.2. The van der Waals surface area contributed by atoms with Crippen LogP contribution in [0, 0.1) is 5.41 Å². The quantitative estimate of drug-likeness (QED) is 0.597. The van der Waals surface area contributed by atoms with E-state index in [1.54, 1.807) is 14.0 Å². The minimum atomic E-state index is -0.322. The van der Waals surface area contributed by atoms with Crippen molar-refractivity contribution in [3.8, 4) is 5.75 Å². The SMILES string of the molecule is CCOC(=O)CC(=N)CCc1ccc(OC)cc1. The Balaban J connectivity index is 2.35. The fourth-order valence-corrected chi connectivity index (χ4v) is 1.56. The van der Waals surface area contributed by atoms with E-state index >= 15 is 0 Å². The molecule has 98 valence electrons. The van der Waals surface area contributed by atoms with Crippen LogP contribution in [0.3, 0.4) is 0 Å². The highest BCUT2D eigenvalue weighted by atomic mass is 16.5. The van der Waals surface area contributed by atoms with Gasteiger partial charge in [-0.3, -0.25) is 4.79 Å². The number of carbonyl (C=O) groups is 1. The van der Waals surface area contributed by atoms with Crippen LogP contribution >= 0.6 is 0 Å². The Morgan fingerprint density at radius 2 is 1.94 bits per heavy atom. The molecule has 0 amide bonds. The molecule has 18 heavy (non-hydrogen) atoms. The molecule has 0 spiro atoms. The molecular weight excluding hydrogens is 230 g/mol. The zero-order chi connectivity index (χ0) is 13.4. The van der Waals surface area contributed by atoms with Gasteiger partial charge in [0.25, 0.3) is 0 Å². The zero-order valence-corrected chi connectivity index (χ0v) is 10.9. The predicted molar refractivity (Wildman–Crippen MR) is 70.3 cm³/mol. The maximum Gasteiger partial charge on any atom is 0.311 e. The van der Waals surface area contributed by atoms with Crippen LogP contribution in [0.25, 0.3) is 0 Å². The number of nitrogens with one attached hydrogen (secondary N) is 1. The van der Waals surface area contributed by atoms with Crippen molar-refractivity contribution < 1.29 is 14.3 Å². The molecule has 1 N–H and O–H groups in total. The van der Waals surface area contributed by atoms with Crippen LogP contribution in [0.1, 0.15) is 25.3 Å². The van der Waals surface area contributed by atoms with Crippen LogP contribution in [0.2, 0.25) is 0 Å². The van der Waals surface area contributed by atoms with Gasteiger partial charge in [-0.25, -0.2) is 0 Å². The van der Waals surface area contributed by atoms with Crippen molar-refractivity contribution in [2.75, 3.05) is 13.7 Å². The lowest BCUT2D eigenvalue weighted by atomic mass is 10.1. The summed E-state index contributed by atoms with van der Waals surface area (Å²) in [5.74, 6) is 0.498. The highest BCUT2D eigenvalue weighted by Crippen LogP contribution is 2.13. The summed E-state index contributed by atoms with van der Waals surface area (Å²) >= 11 is 0. The molecular formula is C14H19NO3. The minimum absolute atomic E-state index is 0.0873. The van der Waals surface area contributed by atoms with Gasteiger partial charge in [0.05, 0.1) is 20.1 Å². The fourth-order valence-electron chi connectivity index (χ4n) is 1.56. The summed E-state index contributed by atoms with van der Waals surface area (Å²) in [6.07, 6.45) is 1.41. The molecule has 1 rings (SSSR count). The molecule has 0 atom stereocenters. The lowest BCUT2D eigenvalue weighted by molar-refractivity contribution is -0.141. The molecule has 0 aliphatic rings. The largest absolute Gasteiger partial charge is 0.497 e. The molecule has 0 aliphatic heterocycles. The van der Waals surface area contributed by atoms with Gasteiger partial charge < -0.3 is 14.9 Å². The smallest absolute Gasteiger partial charge is 0.311 e. The molecule has 0 aliphatic carbocycles. The molecule has 0 saturated heterocycles. The zero-order valence-electron chi connectivity index (χ0n) is 10.9. The molecule has 1 aromatic rings. The molecule has 4 nitrogen and oxygen atoms in total. The first-order valence-corrected chi connectivity index (χ1v) is 6.00. The summed E-state index contributed by atoms with van der Waals surface area (Å²) in [6, 6.07) is 7.72. The first kappa shape index (κ1) is 14.2. The predicted octanol–water partition coefficient (Wildman–Crippen LogP) is 2.60. The fraction of sp³-hybridized carbons (Fsp3) is 0.429. The van der Waals surface area contributed by atoms with Gasteiger partial charge in [0.2, 0.25) is 0 Å². The van der Waals surface area contributed by atoms with E-state index in [1.807, 2.05) is 24.3 Å². The van der Waals surface area contributed by atoms with Gasteiger partial charge in [0, 0.05) is 5.71 Å². The third kappa shape index (κ3) is 4.99. The molecule has 0 bridgehead atoms. The minimum Gasteiger partial charge on any atom is -0.497 e. The number of hydrogen-bond donors (Lipinski definition) is 1. The number of carbonyl (C=O) groups excluding carboxylic acids is 1. The van der Waals surface area contributed by atoms with Crippen molar-refractivity contribution >= 4 is 11.7 Å². The molecule has 0 saturated carbocycles. The third-order valence-corrected chi connectivity index (χ3v) is 2.54. The Morgan fingerprint density at radius 1 is 1.28 bits per heavy atom. The number of hydrogen-bond acceptors (Lipinski definition) is 4. The van der Waals surface area contributed by atoms with Crippen LogP contribution in [0.15, 0.2) is 24.3 Å². The average Bonchev–Trinajstić information content (AvgIpc) is 2.37. The Labute approximate surface area is 107 Å². The van der Waals surface area contributed by atoms with E-state index in [1.165, 1.54) is 0 Å². The van der Waals surface area contributed by atoms with Crippen molar-refractivity contribution in [3.05, 3.63) is 29.8 Å². The van der Waals surface area contributed by atoms with E-state index in [-0.39, 0.29) is 12.4 Å². The lowest BCUT2D eigenvalue weighted by Crippen LogP contribution is -2.11. The number of methoxy groups -OCH3 is 1. The summed E-state index contributed by atoms with van der Waals surface area (Å²) in [6.45, 7) is 2.13. The Hall–Kier alpha value is -1.84. The average molecular weight is 249 g/mol. The van der Waals surface area contributed by atoms with Gasteiger partial charge in [-0.1, -0.05) is 12.1 Å². The number of ether oxygens (including phenoxy) is 2.